The predicted octanol–water partition coefficient (Wildman–Crippen LogP) is 6.05. The van der Waals surface area contributed by atoms with Gasteiger partial charge in [0.25, 0.3) is 0 Å². The van der Waals surface area contributed by atoms with Gasteiger partial charge in [-0.25, -0.2) is 0 Å². The van der Waals surface area contributed by atoms with Crippen LogP contribution in [0.15, 0.2) is 45.3 Å². The summed E-state index contributed by atoms with van der Waals surface area (Å²) in [6, 6.07) is 11.8. The fourth-order valence-corrected chi connectivity index (χ4v) is 2.76. The second-order valence-corrected chi connectivity index (χ2v) is 5.91. The Morgan fingerprint density at radius 2 is 1.61 bits per heavy atom. The van der Waals surface area contributed by atoms with Crippen LogP contribution in [0, 0.1) is 6.92 Å². The fraction of sp³-hybridized carbons (Fsp3) is 0.143. The van der Waals surface area contributed by atoms with E-state index in [4.69, 9.17) is 16.3 Å². The monoisotopic (exact) mass is 388 g/mol. The maximum atomic E-state index is 5.86. The molecule has 2 aromatic carbocycles. The van der Waals surface area contributed by atoms with Crippen molar-refractivity contribution in [3.8, 4) is 11.5 Å². The van der Waals surface area contributed by atoms with E-state index in [1.54, 1.807) is 0 Å². The van der Waals surface area contributed by atoms with Crippen LogP contribution in [-0.4, -0.2) is 0 Å². The van der Waals surface area contributed by atoms with Gasteiger partial charge in [0.2, 0.25) is 0 Å². The summed E-state index contributed by atoms with van der Waals surface area (Å²) in [6.07, 6.45) is 0. The molecule has 0 unspecified atom stereocenters. The second-order valence-electron chi connectivity index (χ2n) is 3.93. The van der Waals surface area contributed by atoms with Crippen LogP contribution in [0.5, 0.6) is 11.5 Å². The Kier molecular flexibility index (Phi) is 4.71. The van der Waals surface area contributed by atoms with Crippen molar-refractivity contribution in [2.45, 2.75) is 12.8 Å². The van der Waals surface area contributed by atoms with Gasteiger partial charge in [0, 0.05) is 5.88 Å². The molecule has 0 heterocycles. The molecule has 0 saturated carbocycles. The molecule has 18 heavy (non-hydrogen) atoms. The summed E-state index contributed by atoms with van der Waals surface area (Å²) in [4.78, 5) is 0. The van der Waals surface area contributed by atoms with Gasteiger partial charge in [0.1, 0.15) is 11.5 Å². The lowest BCUT2D eigenvalue weighted by atomic mass is 10.2. The van der Waals surface area contributed by atoms with Crippen LogP contribution in [0.25, 0.3) is 0 Å². The lowest BCUT2D eigenvalue weighted by Crippen LogP contribution is -1.88. The van der Waals surface area contributed by atoms with Gasteiger partial charge >= 0.3 is 0 Å². The van der Waals surface area contributed by atoms with Crippen molar-refractivity contribution in [3.05, 3.63) is 56.5 Å². The number of ether oxygens (including phenoxy) is 1. The van der Waals surface area contributed by atoms with Crippen molar-refractivity contribution in [1.29, 1.82) is 0 Å². The molecular formula is C14H11Br2ClO. The van der Waals surface area contributed by atoms with E-state index in [9.17, 15) is 0 Å². The summed E-state index contributed by atoms with van der Waals surface area (Å²) in [5.74, 6) is 2.06. The molecule has 0 radical (unpaired) electrons. The second kappa shape index (κ2) is 6.09. The van der Waals surface area contributed by atoms with Gasteiger partial charge in [-0.2, -0.15) is 0 Å². The number of hydrogen-bond donors (Lipinski definition) is 0. The minimum Gasteiger partial charge on any atom is -0.455 e. The van der Waals surface area contributed by atoms with Crippen molar-refractivity contribution < 1.29 is 4.74 Å². The lowest BCUT2D eigenvalue weighted by molar-refractivity contribution is 0.476. The smallest absolute Gasteiger partial charge is 0.141 e. The zero-order valence-corrected chi connectivity index (χ0v) is 13.6. The molecule has 0 saturated heterocycles. The highest BCUT2D eigenvalue weighted by Crippen LogP contribution is 2.34. The summed E-state index contributed by atoms with van der Waals surface area (Å²) < 4.78 is 7.69. The number of benzene rings is 2. The Balaban J connectivity index is 2.28. The van der Waals surface area contributed by atoms with Gasteiger partial charge < -0.3 is 4.74 Å². The van der Waals surface area contributed by atoms with E-state index < -0.39 is 0 Å². The van der Waals surface area contributed by atoms with Crippen molar-refractivity contribution >= 4 is 43.5 Å². The van der Waals surface area contributed by atoms with Gasteiger partial charge in [0.15, 0.2) is 0 Å². The molecular weight excluding hydrogens is 379 g/mol. The molecule has 2 aromatic rings. The Morgan fingerprint density at radius 1 is 1.00 bits per heavy atom. The minimum absolute atomic E-state index is 0.493. The topological polar surface area (TPSA) is 9.23 Å². The van der Waals surface area contributed by atoms with Crippen LogP contribution >= 0.6 is 43.5 Å². The van der Waals surface area contributed by atoms with Crippen LogP contribution in [0.3, 0.4) is 0 Å². The van der Waals surface area contributed by atoms with Gasteiger partial charge in [-0.15, -0.1) is 11.6 Å². The summed E-state index contributed by atoms with van der Waals surface area (Å²) in [7, 11) is 0. The van der Waals surface area contributed by atoms with Crippen molar-refractivity contribution in [3.63, 3.8) is 0 Å². The zero-order valence-electron chi connectivity index (χ0n) is 9.71. The predicted molar refractivity (Wildman–Crippen MR) is 82.7 cm³/mol. The minimum atomic E-state index is 0.493. The first-order chi connectivity index (χ1) is 8.60. The molecule has 1 nitrogen and oxygen atoms in total. The normalized spacial score (nSPS) is 10.4. The van der Waals surface area contributed by atoms with Gasteiger partial charge in [-0.1, -0.05) is 12.1 Å². The van der Waals surface area contributed by atoms with Crippen LogP contribution in [-0.2, 0) is 5.88 Å². The molecule has 0 amide bonds. The summed E-state index contributed by atoms with van der Waals surface area (Å²) in [5.41, 5.74) is 2.24. The van der Waals surface area contributed by atoms with E-state index in [2.05, 4.69) is 31.9 Å². The highest BCUT2D eigenvalue weighted by atomic mass is 79.9. The maximum Gasteiger partial charge on any atom is 0.141 e. The Morgan fingerprint density at radius 3 is 2.17 bits per heavy atom. The number of aryl methyl sites for hydroxylation is 1. The summed E-state index contributed by atoms with van der Waals surface area (Å²) in [5, 5.41) is 0. The highest BCUT2D eigenvalue weighted by molar-refractivity contribution is 9.11. The standard InChI is InChI=1S/C14H11Br2ClO/c1-9-2-4-13(11(15)6-9)18-14-5-3-10(8-17)7-12(14)16/h2-7H,8H2,1H3. The summed E-state index contributed by atoms with van der Waals surface area (Å²) in [6.45, 7) is 2.04. The number of alkyl halides is 1. The third kappa shape index (κ3) is 3.28. The third-order valence-electron chi connectivity index (χ3n) is 2.46. The molecule has 0 aliphatic rings. The molecule has 0 bridgehead atoms. The van der Waals surface area contributed by atoms with Crippen LogP contribution < -0.4 is 4.74 Å². The number of halogens is 3. The number of hydrogen-bond acceptors (Lipinski definition) is 1. The first-order valence-corrected chi connectivity index (χ1v) is 7.50. The van der Waals surface area contributed by atoms with Crippen LogP contribution in [0.2, 0.25) is 0 Å². The molecule has 0 aromatic heterocycles. The molecule has 0 spiro atoms. The largest absolute Gasteiger partial charge is 0.455 e. The molecule has 0 aliphatic heterocycles. The van der Waals surface area contributed by atoms with E-state index in [0.717, 1.165) is 26.0 Å². The van der Waals surface area contributed by atoms with Gasteiger partial charge in [-0.05, 0) is 74.2 Å². The quantitative estimate of drug-likeness (QED) is 0.580. The van der Waals surface area contributed by atoms with E-state index in [1.807, 2.05) is 43.3 Å². The average molecular weight is 391 g/mol. The first-order valence-electron chi connectivity index (χ1n) is 5.38. The van der Waals surface area contributed by atoms with E-state index >= 15 is 0 Å². The molecule has 0 fully saturated rings. The summed E-state index contributed by atoms with van der Waals surface area (Å²) >= 11 is 12.8. The lowest BCUT2D eigenvalue weighted by Gasteiger charge is -2.10. The molecule has 2 rings (SSSR count). The van der Waals surface area contributed by atoms with Crippen molar-refractivity contribution in [2.24, 2.45) is 0 Å². The van der Waals surface area contributed by atoms with Crippen molar-refractivity contribution in [1.82, 2.24) is 0 Å². The van der Waals surface area contributed by atoms with Gasteiger partial charge in [0.05, 0.1) is 8.95 Å². The zero-order chi connectivity index (χ0) is 13.1. The van der Waals surface area contributed by atoms with Crippen LogP contribution in [0.1, 0.15) is 11.1 Å². The Hall–Kier alpha value is -0.510. The molecule has 0 N–H and O–H groups in total. The van der Waals surface area contributed by atoms with Gasteiger partial charge in [-0.3, -0.25) is 0 Å². The maximum absolute atomic E-state index is 5.86. The fourth-order valence-electron chi connectivity index (χ4n) is 1.52. The van der Waals surface area contributed by atoms with E-state index in [0.29, 0.717) is 5.88 Å². The SMILES string of the molecule is Cc1ccc(Oc2ccc(CCl)cc2Br)c(Br)c1. The Labute approximate surface area is 128 Å². The van der Waals surface area contributed by atoms with Crippen molar-refractivity contribution in [2.75, 3.05) is 0 Å². The van der Waals surface area contributed by atoms with Crippen LogP contribution in [0.4, 0.5) is 0 Å². The number of rotatable bonds is 3. The highest BCUT2D eigenvalue weighted by Gasteiger charge is 2.07. The molecule has 0 atom stereocenters. The van der Waals surface area contributed by atoms with E-state index in [1.165, 1.54) is 5.56 Å². The first kappa shape index (κ1) is 13.9. The molecule has 94 valence electrons. The average Bonchev–Trinajstić information content (AvgIpc) is 2.34. The third-order valence-corrected chi connectivity index (χ3v) is 4.01. The molecule has 0 aliphatic carbocycles. The van der Waals surface area contributed by atoms with E-state index in [-0.39, 0.29) is 0 Å². The molecule has 4 heteroatoms. The Bertz CT molecular complexity index is 570.